The van der Waals surface area contributed by atoms with Crippen molar-refractivity contribution in [1.82, 2.24) is 0 Å². The average molecular weight is 383 g/mol. The maximum absolute atomic E-state index is 12.5. The molecule has 0 bridgehead atoms. The lowest BCUT2D eigenvalue weighted by Gasteiger charge is -2.17. The van der Waals surface area contributed by atoms with Crippen molar-refractivity contribution in [2.45, 2.75) is 25.7 Å². The number of amides is 1. The van der Waals surface area contributed by atoms with Gasteiger partial charge in [-0.3, -0.25) is 19.7 Å². The first-order valence-electron chi connectivity index (χ1n) is 9.09. The third-order valence-electron chi connectivity index (χ3n) is 4.72. The highest BCUT2D eigenvalue weighted by molar-refractivity contribution is 6.05. The second-order valence-electron chi connectivity index (χ2n) is 6.70. The van der Waals surface area contributed by atoms with Gasteiger partial charge < -0.3 is 15.3 Å². The number of nitro groups is 1. The quantitative estimate of drug-likeness (QED) is 0.559. The number of aliphatic carboxylic acids is 1. The molecule has 0 aromatic heterocycles. The molecule has 0 unspecified atom stereocenters. The normalized spacial score (nSPS) is 13.4. The second-order valence-corrected chi connectivity index (χ2v) is 6.70. The lowest BCUT2D eigenvalue weighted by Crippen LogP contribution is -2.19. The lowest BCUT2D eigenvalue weighted by molar-refractivity contribution is -0.384. The first kappa shape index (κ1) is 19.3. The van der Waals surface area contributed by atoms with Crippen molar-refractivity contribution in [1.29, 1.82) is 0 Å². The fourth-order valence-corrected chi connectivity index (χ4v) is 3.25. The summed E-state index contributed by atoms with van der Waals surface area (Å²) in [5, 5.41) is 22.9. The molecule has 2 N–H and O–H groups in total. The molecule has 146 valence electrons. The summed E-state index contributed by atoms with van der Waals surface area (Å²) in [5.41, 5.74) is 2.08. The highest BCUT2D eigenvalue weighted by Gasteiger charge is 2.23. The van der Waals surface area contributed by atoms with Gasteiger partial charge in [0.2, 0.25) is 0 Å². The molecule has 28 heavy (non-hydrogen) atoms. The van der Waals surface area contributed by atoms with E-state index >= 15 is 0 Å². The number of carboxylic acid groups (broad SMARTS) is 1. The van der Waals surface area contributed by atoms with Crippen LogP contribution in [0.25, 0.3) is 0 Å². The second kappa shape index (κ2) is 8.51. The molecule has 3 rings (SSSR count). The Labute approximate surface area is 161 Å². The number of hydrogen-bond donors (Lipinski definition) is 2. The highest BCUT2D eigenvalue weighted by atomic mass is 16.6. The minimum Gasteiger partial charge on any atom is -0.481 e. The lowest BCUT2D eigenvalue weighted by atomic mass is 10.1. The molecule has 0 spiro atoms. The van der Waals surface area contributed by atoms with E-state index in [0.717, 1.165) is 31.5 Å². The van der Waals surface area contributed by atoms with Crippen LogP contribution < -0.4 is 10.2 Å². The van der Waals surface area contributed by atoms with Gasteiger partial charge in [0.1, 0.15) is 5.69 Å². The SMILES string of the molecule is O=C(O)CCc1ccc(NC(=O)c2ccc(N3CCCC3)c([N+](=O)[O-])c2)cc1. The van der Waals surface area contributed by atoms with Crippen LogP contribution in [0.2, 0.25) is 0 Å². The number of benzene rings is 2. The fraction of sp³-hybridized carbons (Fsp3) is 0.300. The number of nitro benzene ring substituents is 1. The van der Waals surface area contributed by atoms with Gasteiger partial charge in [0.05, 0.1) is 4.92 Å². The largest absolute Gasteiger partial charge is 0.481 e. The first-order chi connectivity index (χ1) is 13.4. The highest BCUT2D eigenvalue weighted by Crippen LogP contribution is 2.31. The van der Waals surface area contributed by atoms with Gasteiger partial charge in [0, 0.05) is 36.8 Å². The van der Waals surface area contributed by atoms with E-state index in [0.29, 0.717) is 17.8 Å². The molecule has 1 saturated heterocycles. The molecule has 0 radical (unpaired) electrons. The Balaban J connectivity index is 1.72. The van der Waals surface area contributed by atoms with E-state index in [1.54, 1.807) is 36.4 Å². The molecule has 2 aromatic rings. The van der Waals surface area contributed by atoms with Crippen LogP contribution in [0, 0.1) is 10.1 Å². The average Bonchev–Trinajstić information content (AvgIpc) is 3.21. The van der Waals surface area contributed by atoms with Crippen molar-refractivity contribution < 1.29 is 19.6 Å². The molecule has 0 aliphatic carbocycles. The zero-order valence-corrected chi connectivity index (χ0v) is 15.3. The molecule has 1 aliphatic heterocycles. The maximum Gasteiger partial charge on any atom is 0.303 e. The summed E-state index contributed by atoms with van der Waals surface area (Å²) < 4.78 is 0. The number of carbonyl (C=O) groups is 2. The summed E-state index contributed by atoms with van der Waals surface area (Å²) in [6, 6.07) is 11.4. The van der Waals surface area contributed by atoms with Gasteiger partial charge in [-0.25, -0.2) is 0 Å². The topological polar surface area (TPSA) is 113 Å². The van der Waals surface area contributed by atoms with Crippen LogP contribution in [0.5, 0.6) is 0 Å². The van der Waals surface area contributed by atoms with Crippen molar-refractivity contribution in [3.8, 4) is 0 Å². The minimum atomic E-state index is -0.864. The van der Waals surface area contributed by atoms with Crippen molar-refractivity contribution in [3.63, 3.8) is 0 Å². The smallest absolute Gasteiger partial charge is 0.303 e. The fourth-order valence-electron chi connectivity index (χ4n) is 3.25. The third-order valence-corrected chi connectivity index (χ3v) is 4.72. The van der Waals surface area contributed by atoms with Crippen LogP contribution in [0.15, 0.2) is 42.5 Å². The molecule has 1 fully saturated rings. The number of anilines is 2. The zero-order chi connectivity index (χ0) is 20.1. The number of carboxylic acids is 1. The van der Waals surface area contributed by atoms with E-state index in [-0.39, 0.29) is 17.7 Å². The van der Waals surface area contributed by atoms with Crippen LogP contribution in [-0.2, 0) is 11.2 Å². The monoisotopic (exact) mass is 383 g/mol. The van der Waals surface area contributed by atoms with Gasteiger partial charge in [-0.1, -0.05) is 12.1 Å². The standard InChI is InChI=1S/C20H21N3O5/c24-19(25)10-5-14-3-7-16(8-4-14)21-20(26)15-6-9-17(18(13-15)23(27)28)22-11-1-2-12-22/h3-4,6-9,13H,1-2,5,10-12H2,(H,21,26)(H,24,25). The van der Waals surface area contributed by atoms with Crippen molar-refractivity contribution in [2.75, 3.05) is 23.3 Å². The summed E-state index contributed by atoms with van der Waals surface area (Å²) in [6.07, 6.45) is 2.45. The van der Waals surface area contributed by atoms with Gasteiger partial charge in [-0.15, -0.1) is 0 Å². The third kappa shape index (κ3) is 4.64. The predicted octanol–water partition coefficient (Wildman–Crippen LogP) is 3.46. The Bertz CT molecular complexity index is 889. The summed E-state index contributed by atoms with van der Waals surface area (Å²) in [7, 11) is 0. The van der Waals surface area contributed by atoms with Crippen molar-refractivity contribution in [2.24, 2.45) is 0 Å². The van der Waals surface area contributed by atoms with Gasteiger partial charge >= 0.3 is 5.97 Å². The van der Waals surface area contributed by atoms with Gasteiger partial charge in [-0.2, -0.15) is 0 Å². The van der Waals surface area contributed by atoms with E-state index < -0.39 is 16.8 Å². The summed E-state index contributed by atoms with van der Waals surface area (Å²) in [4.78, 5) is 36.1. The Kier molecular flexibility index (Phi) is 5.88. The van der Waals surface area contributed by atoms with Crippen LogP contribution >= 0.6 is 0 Å². The van der Waals surface area contributed by atoms with Crippen molar-refractivity contribution in [3.05, 3.63) is 63.7 Å². The zero-order valence-electron chi connectivity index (χ0n) is 15.3. The first-order valence-corrected chi connectivity index (χ1v) is 9.09. The number of rotatable bonds is 7. The van der Waals surface area contributed by atoms with E-state index in [4.69, 9.17) is 5.11 Å². The number of hydrogen-bond acceptors (Lipinski definition) is 5. The van der Waals surface area contributed by atoms with E-state index in [9.17, 15) is 19.7 Å². The maximum atomic E-state index is 12.5. The van der Waals surface area contributed by atoms with Gasteiger partial charge in [0.15, 0.2) is 0 Å². The van der Waals surface area contributed by atoms with Gasteiger partial charge in [-0.05, 0) is 49.1 Å². The Morgan fingerprint density at radius 1 is 1.11 bits per heavy atom. The molecule has 0 saturated carbocycles. The number of nitrogens with zero attached hydrogens (tertiary/aromatic N) is 2. The van der Waals surface area contributed by atoms with Crippen molar-refractivity contribution >= 4 is 28.9 Å². The van der Waals surface area contributed by atoms with E-state index in [1.807, 2.05) is 4.90 Å². The van der Waals surface area contributed by atoms with E-state index in [2.05, 4.69) is 5.32 Å². The van der Waals surface area contributed by atoms with Gasteiger partial charge in [0.25, 0.3) is 11.6 Å². The molecular weight excluding hydrogens is 362 g/mol. The molecule has 8 heteroatoms. The molecule has 1 aliphatic rings. The summed E-state index contributed by atoms with van der Waals surface area (Å²) in [6.45, 7) is 1.56. The Hall–Kier alpha value is -3.42. The molecule has 0 atom stereocenters. The molecule has 1 heterocycles. The van der Waals surface area contributed by atoms with Crippen LogP contribution in [0.4, 0.5) is 17.1 Å². The molecule has 2 aromatic carbocycles. The molecular formula is C20H21N3O5. The molecule has 8 nitrogen and oxygen atoms in total. The Morgan fingerprint density at radius 2 is 1.79 bits per heavy atom. The van der Waals surface area contributed by atoms with Crippen LogP contribution in [-0.4, -0.2) is 35.0 Å². The number of aryl methyl sites for hydroxylation is 1. The number of carbonyl (C=O) groups excluding carboxylic acids is 1. The number of nitrogens with one attached hydrogen (secondary N) is 1. The Morgan fingerprint density at radius 3 is 2.39 bits per heavy atom. The van der Waals surface area contributed by atoms with Crippen LogP contribution in [0.1, 0.15) is 35.2 Å². The predicted molar refractivity (Wildman–Crippen MR) is 105 cm³/mol. The minimum absolute atomic E-state index is 0.0404. The van der Waals surface area contributed by atoms with E-state index in [1.165, 1.54) is 6.07 Å². The molecule has 1 amide bonds. The summed E-state index contributed by atoms with van der Waals surface area (Å²) in [5.74, 6) is -1.30. The summed E-state index contributed by atoms with van der Waals surface area (Å²) >= 11 is 0. The van der Waals surface area contributed by atoms with Crippen LogP contribution in [0.3, 0.4) is 0 Å².